The van der Waals surface area contributed by atoms with Gasteiger partial charge in [0.15, 0.2) is 5.75 Å². The Morgan fingerprint density at radius 3 is 2.29 bits per heavy atom. The topological polar surface area (TPSA) is 114 Å². The Hall–Kier alpha value is -3.56. The van der Waals surface area contributed by atoms with Gasteiger partial charge in [0.1, 0.15) is 0 Å². The highest BCUT2D eigenvalue weighted by Crippen LogP contribution is 2.37. The molecule has 0 radical (unpaired) electrons. The Morgan fingerprint density at radius 2 is 1.69 bits per heavy atom. The molecule has 1 saturated carbocycles. The number of methoxy groups -OCH3 is 1. The molecule has 10 heteroatoms. The molecule has 1 aliphatic carbocycles. The number of aromatic nitrogens is 2. The number of carbonyl (C=O) groups excluding carboxylic acids is 2. The number of anilines is 1. The minimum atomic E-state index is -1.47. The average Bonchev–Trinajstić information content (AvgIpc) is 3.27. The van der Waals surface area contributed by atoms with Gasteiger partial charge in [0.2, 0.25) is 11.7 Å². The van der Waals surface area contributed by atoms with Gasteiger partial charge < -0.3 is 19.5 Å². The number of ether oxygens (including phenoxy) is 2. The van der Waals surface area contributed by atoms with Crippen molar-refractivity contribution in [3.63, 3.8) is 0 Å². The standard InChI is InChI=1S/C25H32N4O6/c1-17-8-10-18(11-9-17)23(30)29(20-12-14-27(15-13-20)24(31)34-2)22-21(35-25(32)33)16-28(26-22)19-6-4-3-5-7-19/h3-7,16-18,20H,8-15H2,1-2H3,(H,32,33)/t17-,18-. The van der Waals surface area contributed by atoms with Crippen LogP contribution in [-0.4, -0.2) is 64.2 Å². The summed E-state index contributed by atoms with van der Waals surface area (Å²) in [6.07, 6.45) is 4.18. The van der Waals surface area contributed by atoms with Gasteiger partial charge in [-0.1, -0.05) is 25.1 Å². The predicted octanol–water partition coefficient (Wildman–Crippen LogP) is 4.32. The second-order valence-electron chi connectivity index (χ2n) is 9.32. The van der Waals surface area contributed by atoms with Gasteiger partial charge in [-0.25, -0.2) is 14.3 Å². The zero-order chi connectivity index (χ0) is 24.9. The first-order valence-corrected chi connectivity index (χ1v) is 12.1. The van der Waals surface area contributed by atoms with Gasteiger partial charge in [0.25, 0.3) is 0 Å². The van der Waals surface area contributed by atoms with Gasteiger partial charge in [-0.05, 0) is 56.6 Å². The summed E-state index contributed by atoms with van der Waals surface area (Å²) in [4.78, 5) is 40.7. The maximum atomic E-state index is 13.9. The van der Waals surface area contributed by atoms with Gasteiger partial charge in [0, 0.05) is 25.0 Å². The molecule has 2 heterocycles. The Balaban J connectivity index is 1.70. The van der Waals surface area contributed by atoms with Crippen LogP contribution >= 0.6 is 0 Å². The maximum Gasteiger partial charge on any atom is 0.511 e. The second kappa shape index (κ2) is 10.8. The summed E-state index contributed by atoms with van der Waals surface area (Å²) >= 11 is 0. The molecular weight excluding hydrogens is 452 g/mol. The third-order valence-electron chi connectivity index (χ3n) is 6.97. The van der Waals surface area contributed by atoms with Gasteiger partial charge in [-0.2, -0.15) is 0 Å². The first-order valence-electron chi connectivity index (χ1n) is 12.1. The normalized spacial score (nSPS) is 20.8. The molecule has 0 unspecified atom stereocenters. The number of hydrogen-bond donors (Lipinski definition) is 1. The minimum Gasteiger partial charge on any atom is -0.453 e. The number of benzene rings is 1. The number of amides is 2. The highest BCUT2D eigenvalue weighted by atomic mass is 16.7. The molecule has 35 heavy (non-hydrogen) atoms. The molecule has 2 aromatic rings. The van der Waals surface area contributed by atoms with E-state index in [0.29, 0.717) is 37.5 Å². The zero-order valence-corrected chi connectivity index (χ0v) is 20.1. The van der Waals surface area contributed by atoms with Gasteiger partial charge in [0.05, 0.1) is 19.0 Å². The Morgan fingerprint density at radius 1 is 1.03 bits per heavy atom. The fourth-order valence-electron chi connectivity index (χ4n) is 4.99. The number of para-hydroxylation sites is 1. The van der Waals surface area contributed by atoms with E-state index in [4.69, 9.17) is 9.47 Å². The second-order valence-corrected chi connectivity index (χ2v) is 9.32. The van der Waals surface area contributed by atoms with Crippen LogP contribution in [0.15, 0.2) is 36.5 Å². The van der Waals surface area contributed by atoms with Crippen LogP contribution in [0.3, 0.4) is 0 Å². The smallest absolute Gasteiger partial charge is 0.453 e. The van der Waals surface area contributed by atoms with Crippen molar-refractivity contribution in [2.45, 2.75) is 51.5 Å². The van der Waals surface area contributed by atoms with E-state index in [9.17, 15) is 19.5 Å². The number of carbonyl (C=O) groups is 3. The summed E-state index contributed by atoms with van der Waals surface area (Å²) in [5.74, 6) is 0.552. The third kappa shape index (κ3) is 5.58. The van der Waals surface area contributed by atoms with E-state index in [-0.39, 0.29) is 29.4 Å². The van der Waals surface area contributed by atoms with E-state index in [1.54, 1.807) is 9.80 Å². The van der Waals surface area contributed by atoms with Crippen molar-refractivity contribution in [2.24, 2.45) is 11.8 Å². The van der Waals surface area contributed by atoms with Gasteiger partial charge in [-0.15, -0.1) is 5.10 Å². The van der Waals surface area contributed by atoms with Crippen LogP contribution in [0.4, 0.5) is 15.4 Å². The quantitative estimate of drug-likeness (QED) is 0.629. The molecule has 1 N–H and O–H groups in total. The average molecular weight is 485 g/mol. The molecule has 1 aliphatic heterocycles. The van der Waals surface area contributed by atoms with Crippen molar-refractivity contribution in [3.05, 3.63) is 36.5 Å². The summed E-state index contributed by atoms with van der Waals surface area (Å²) in [7, 11) is 1.35. The Bertz CT molecular complexity index is 1040. The lowest BCUT2D eigenvalue weighted by molar-refractivity contribution is -0.124. The van der Waals surface area contributed by atoms with Crippen LogP contribution in [0.25, 0.3) is 5.69 Å². The van der Waals surface area contributed by atoms with Crippen LogP contribution in [-0.2, 0) is 9.53 Å². The lowest BCUT2D eigenvalue weighted by Crippen LogP contribution is -2.51. The Kier molecular flexibility index (Phi) is 7.57. The van der Waals surface area contributed by atoms with Gasteiger partial charge in [-0.3, -0.25) is 9.69 Å². The molecule has 2 aliphatic rings. The summed E-state index contributed by atoms with van der Waals surface area (Å²) in [6.45, 7) is 3.05. The molecule has 4 rings (SSSR count). The van der Waals surface area contributed by atoms with E-state index in [1.165, 1.54) is 18.0 Å². The van der Waals surface area contributed by atoms with Crippen LogP contribution in [0, 0.1) is 11.8 Å². The van der Waals surface area contributed by atoms with Crippen molar-refractivity contribution < 1.29 is 29.0 Å². The van der Waals surface area contributed by atoms with Crippen LogP contribution in [0.5, 0.6) is 5.75 Å². The van der Waals surface area contributed by atoms with Crippen LogP contribution in [0.1, 0.15) is 45.4 Å². The van der Waals surface area contributed by atoms with Gasteiger partial charge >= 0.3 is 12.2 Å². The highest BCUT2D eigenvalue weighted by molar-refractivity contribution is 5.96. The minimum absolute atomic E-state index is 0.00859. The van der Waals surface area contributed by atoms with Crippen molar-refractivity contribution in [3.8, 4) is 11.4 Å². The first kappa shape index (κ1) is 24.6. The number of hydrogen-bond acceptors (Lipinski definition) is 6. The zero-order valence-electron chi connectivity index (χ0n) is 20.1. The van der Waals surface area contributed by atoms with Crippen LogP contribution in [0.2, 0.25) is 0 Å². The number of likely N-dealkylation sites (tertiary alicyclic amines) is 1. The summed E-state index contributed by atoms with van der Waals surface area (Å²) in [5, 5.41) is 14.0. The van der Waals surface area contributed by atoms with E-state index in [1.807, 2.05) is 30.3 Å². The van der Waals surface area contributed by atoms with Crippen molar-refractivity contribution in [1.29, 1.82) is 0 Å². The van der Waals surface area contributed by atoms with E-state index in [2.05, 4.69) is 12.0 Å². The predicted molar refractivity (Wildman–Crippen MR) is 128 cm³/mol. The first-order chi connectivity index (χ1) is 16.9. The summed E-state index contributed by atoms with van der Waals surface area (Å²) < 4.78 is 11.5. The fourth-order valence-corrected chi connectivity index (χ4v) is 4.99. The molecule has 1 aromatic carbocycles. The molecule has 1 saturated heterocycles. The number of piperidine rings is 1. The summed E-state index contributed by atoms with van der Waals surface area (Å²) in [6, 6.07) is 9.00. The maximum absolute atomic E-state index is 13.9. The monoisotopic (exact) mass is 484 g/mol. The molecule has 10 nitrogen and oxygen atoms in total. The number of rotatable bonds is 5. The molecule has 0 spiro atoms. The molecule has 0 atom stereocenters. The van der Waals surface area contributed by atoms with Crippen molar-refractivity contribution >= 4 is 24.0 Å². The van der Waals surface area contributed by atoms with E-state index >= 15 is 0 Å². The molecule has 2 amide bonds. The highest BCUT2D eigenvalue weighted by Gasteiger charge is 2.38. The number of nitrogens with zero attached hydrogens (tertiary/aromatic N) is 4. The van der Waals surface area contributed by atoms with Crippen molar-refractivity contribution in [2.75, 3.05) is 25.1 Å². The Labute approximate surface area is 204 Å². The molecule has 0 bridgehead atoms. The number of carboxylic acid groups (broad SMARTS) is 1. The van der Waals surface area contributed by atoms with E-state index in [0.717, 1.165) is 25.7 Å². The SMILES string of the molecule is COC(=O)N1CCC(N(c2nn(-c3ccccc3)cc2OC(=O)O)C(=O)[C@H]2CC[C@H](C)CC2)CC1. The molecule has 1 aromatic heterocycles. The molecular formula is C25H32N4O6. The van der Waals surface area contributed by atoms with E-state index < -0.39 is 12.2 Å². The largest absolute Gasteiger partial charge is 0.511 e. The third-order valence-corrected chi connectivity index (χ3v) is 6.97. The summed E-state index contributed by atoms with van der Waals surface area (Å²) in [5.41, 5.74) is 0.716. The van der Waals surface area contributed by atoms with Crippen LogP contribution < -0.4 is 9.64 Å². The van der Waals surface area contributed by atoms with Crippen molar-refractivity contribution in [1.82, 2.24) is 14.7 Å². The molecule has 2 fully saturated rings. The lowest BCUT2D eigenvalue weighted by atomic mass is 9.82. The lowest BCUT2D eigenvalue weighted by Gasteiger charge is -2.39. The molecule has 188 valence electrons. The fraction of sp³-hybridized carbons (Fsp3) is 0.520.